The molecule has 0 aliphatic carbocycles. The van der Waals surface area contributed by atoms with Crippen molar-refractivity contribution in [1.29, 1.82) is 0 Å². The average Bonchev–Trinajstić information content (AvgIpc) is 2.84. The Balaban J connectivity index is 1.23. The molecule has 0 N–H and O–H groups in total. The maximum absolute atomic E-state index is 15.0. The number of aromatic nitrogens is 2. The van der Waals surface area contributed by atoms with Crippen molar-refractivity contribution in [3.63, 3.8) is 0 Å². The van der Waals surface area contributed by atoms with Gasteiger partial charge >= 0.3 is 0 Å². The second kappa shape index (κ2) is 9.92. The van der Waals surface area contributed by atoms with Crippen LogP contribution < -0.4 is 4.90 Å². The van der Waals surface area contributed by atoms with Crippen LogP contribution in [0, 0.1) is 17.6 Å². The van der Waals surface area contributed by atoms with Gasteiger partial charge in [-0.15, -0.1) is 0 Å². The summed E-state index contributed by atoms with van der Waals surface area (Å²) in [6, 6.07) is 13.4. The Kier molecular flexibility index (Phi) is 6.75. The zero-order valence-corrected chi connectivity index (χ0v) is 19.5. The molecule has 5 rings (SSSR count). The molecule has 2 aliphatic heterocycles. The Labute approximate surface area is 202 Å². The second-order valence-corrected chi connectivity index (χ2v) is 9.43. The van der Waals surface area contributed by atoms with Crippen molar-refractivity contribution in [3.8, 4) is 0 Å². The minimum Gasteiger partial charge on any atom is -0.354 e. The van der Waals surface area contributed by atoms with E-state index >= 15 is 4.39 Å². The van der Waals surface area contributed by atoms with Gasteiger partial charge < -0.3 is 4.90 Å². The van der Waals surface area contributed by atoms with Gasteiger partial charge in [-0.25, -0.2) is 23.1 Å². The molecule has 178 valence electrons. The van der Waals surface area contributed by atoms with E-state index in [1.165, 1.54) is 11.6 Å². The van der Waals surface area contributed by atoms with Crippen LogP contribution in [0.2, 0.25) is 5.15 Å². The molecule has 0 amide bonds. The second-order valence-electron chi connectivity index (χ2n) is 9.07. The Morgan fingerprint density at radius 2 is 1.74 bits per heavy atom. The van der Waals surface area contributed by atoms with Crippen molar-refractivity contribution in [3.05, 3.63) is 87.8 Å². The molecule has 0 saturated carbocycles. The Morgan fingerprint density at radius 1 is 0.971 bits per heavy atom. The van der Waals surface area contributed by atoms with Gasteiger partial charge in [-0.2, -0.15) is 0 Å². The Bertz CT molecular complexity index is 1150. The lowest BCUT2D eigenvalue weighted by atomic mass is 9.88. The van der Waals surface area contributed by atoms with E-state index in [0.717, 1.165) is 43.0 Å². The smallest absolute Gasteiger partial charge is 0.171 e. The number of hydrogen-bond acceptors (Lipinski definition) is 4. The standard InChI is InChI=1S/C26H26ClF3N4/c27-25-26(32-22-10-11-33(16-23(22)31-25)15-17-4-2-1-3-5-17)34-12-8-18(9-13-34)24(30)20-7-6-19(28)14-21(20)29/h1-7,14,18,24H,8-13,15-16H2. The molecule has 34 heavy (non-hydrogen) atoms. The zero-order chi connectivity index (χ0) is 23.7. The molecule has 1 unspecified atom stereocenters. The number of benzene rings is 2. The number of anilines is 1. The van der Waals surface area contributed by atoms with Gasteiger partial charge in [0.2, 0.25) is 0 Å². The van der Waals surface area contributed by atoms with Crippen molar-refractivity contribution in [1.82, 2.24) is 14.9 Å². The number of nitrogens with zero attached hydrogens (tertiary/aromatic N) is 4. The van der Waals surface area contributed by atoms with Crippen LogP contribution in [0.25, 0.3) is 0 Å². The SMILES string of the molecule is Fc1ccc(C(F)C2CCN(c3nc4c(nc3Cl)CN(Cc3ccccc3)CC4)CC2)c(F)c1. The summed E-state index contributed by atoms with van der Waals surface area (Å²) in [5.41, 5.74) is 3.05. The van der Waals surface area contributed by atoms with E-state index in [2.05, 4.69) is 22.0 Å². The largest absolute Gasteiger partial charge is 0.354 e. The first-order valence-corrected chi connectivity index (χ1v) is 12.0. The Hall–Kier alpha value is -2.64. The van der Waals surface area contributed by atoms with Crippen LogP contribution >= 0.6 is 11.6 Å². The molecule has 8 heteroatoms. The number of rotatable bonds is 5. The van der Waals surface area contributed by atoms with E-state index < -0.39 is 17.8 Å². The van der Waals surface area contributed by atoms with E-state index in [-0.39, 0.29) is 11.5 Å². The van der Waals surface area contributed by atoms with Crippen LogP contribution in [0.3, 0.4) is 0 Å². The molecule has 2 aromatic carbocycles. The first kappa shape index (κ1) is 23.1. The number of alkyl halides is 1. The molecule has 2 aliphatic rings. The van der Waals surface area contributed by atoms with Crippen molar-refractivity contribution < 1.29 is 13.2 Å². The van der Waals surface area contributed by atoms with Gasteiger partial charge in [0, 0.05) is 50.8 Å². The first-order valence-electron chi connectivity index (χ1n) is 11.6. The molecular weight excluding hydrogens is 461 g/mol. The monoisotopic (exact) mass is 486 g/mol. The highest BCUT2D eigenvalue weighted by Crippen LogP contribution is 2.37. The summed E-state index contributed by atoms with van der Waals surface area (Å²) in [5, 5.41) is 0.361. The molecule has 0 bridgehead atoms. The summed E-state index contributed by atoms with van der Waals surface area (Å²) in [4.78, 5) is 13.9. The van der Waals surface area contributed by atoms with Gasteiger partial charge in [-0.1, -0.05) is 48.0 Å². The van der Waals surface area contributed by atoms with Crippen LogP contribution in [0.15, 0.2) is 48.5 Å². The number of halogens is 4. The summed E-state index contributed by atoms with van der Waals surface area (Å²) in [6.45, 7) is 3.56. The third-order valence-corrected chi connectivity index (χ3v) is 7.04. The Morgan fingerprint density at radius 3 is 2.47 bits per heavy atom. The van der Waals surface area contributed by atoms with Crippen LogP contribution in [-0.4, -0.2) is 34.5 Å². The molecule has 1 fully saturated rings. The van der Waals surface area contributed by atoms with E-state index in [9.17, 15) is 8.78 Å². The highest BCUT2D eigenvalue weighted by Gasteiger charge is 2.31. The topological polar surface area (TPSA) is 32.3 Å². The molecule has 3 aromatic rings. The number of hydrogen-bond donors (Lipinski definition) is 0. The molecule has 1 saturated heterocycles. The summed E-state index contributed by atoms with van der Waals surface area (Å²) < 4.78 is 42.2. The van der Waals surface area contributed by atoms with Gasteiger partial charge in [0.1, 0.15) is 17.8 Å². The number of piperidine rings is 1. The fourth-order valence-electron chi connectivity index (χ4n) is 4.91. The van der Waals surface area contributed by atoms with Gasteiger partial charge in [0.25, 0.3) is 0 Å². The normalized spacial score (nSPS) is 18.1. The van der Waals surface area contributed by atoms with E-state index in [1.807, 2.05) is 23.1 Å². The van der Waals surface area contributed by atoms with Crippen LogP contribution in [0.4, 0.5) is 19.0 Å². The molecule has 4 nitrogen and oxygen atoms in total. The molecule has 3 heterocycles. The minimum atomic E-state index is -1.47. The summed E-state index contributed by atoms with van der Waals surface area (Å²) in [5.74, 6) is -1.24. The van der Waals surface area contributed by atoms with E-state index in [4.69, 9.17) is 16.6 Å². The molecule has 1 atom stereocenters. The third kappa shape index (κ3) is 4.91. The lowest BCUT2D eigenvalue weighted by Gasteiger charge is -2.35. The zero-order valence-electron chi connectivity index (χ0n) is 18.7. The maximum Gasteiger partial charge on any atom is 0.171 e. The van der Waals surface area contributed by atoms with Crippen molar-refractivity contribution >= 4 is 17.4 Å². The molecule has 1 aromatic heterocycles. The van der Waals surface area contributed by atoms with Crippen molar-refractivity contribution in [2.75, 3.05) is 24.5 Å². The third-order valence-electron chi connectivity index (χ3n) is 6.79. The minimum absolute atomic E-state index is 0.0773. The predicted octanol–water partition coefficient (Wildman–Crippen LogP) is 5.89. The van der Waals surface area contributed by atoms with Gasteiger partial charge in [-0.05, 0) is 30.4 Å². The summed E-state index contributed by atoms with van der Waals surface area (Å²) >= 11 is 6.54. The maximum atomic E-state index is 15.0. The van der Waals surface area contributed by atoms with E-state index in [0.29, 0.717) is 43.4 Å². The highest BCUT2D eigenvalue weighted by molar-refractivity contribution is 6.31. The van der Waals surface area contributed by atoms with Gasteiger partial charge in [0.15, 0.2) is 11.0 Å². The fourth-order valence-corrected chi connectivity index (χ4v) is 5.18. The lowest BCUT2D eigenvalue weighted by Crippen LogP contribution is -2.37. The summed E-state index contributed by atoms with van der Waals surface area (Å²) in [7, 11) is 0. The van der Waals surface area contributed by atoms with E-state index in [1.54, 1.807) is 0 Å². The van der Waals surface area contributed by atoms with Crippen molar-refractivity contribution in [2.24, 2.45) is 5.92 Å². The van der Waals surface area contributed by atoms with Crippen LogP contribution in [0.5, 0.6) is 0 Å². The molecule has 0 radical (unpaired) electrons. The summed E-state index contributed by atoms with van der Waals surface area (Å²) in [6.07, 6.45) is 0.380. The van der Waals surface area contributed by atoms with Crippen molar-refractivity contribution in [2.45, 2.75) is 38.5 Å². The average molecular weight is 487 g/mol. The number of fused-ring (bicyclic) bond motifs is 1. The predicted molar refractivity (Wildman–Crippen MR) is 126 cm³/mol. The van der Waals surface area contributed by atoms with Crippen LogP contribution in [0.1, 0.15) is 41.5 Å². The van der Waals surface area contributed by atoms with Gasteiger partial charge in [0.05, 0.1) is 11.4 Å². The molecule has 0 spiro atoms. The quantitative estimate of drug-likeness (QED) is 0.450. The first-order chi connectivity index (χ1) is 16.5. The molecular formula is C26H26ClF3N4. The fraction of sp³-hybridized carbons (Fsp3) is 0.385. The van der Waals surface area contributed by atoms with Gasteiger partial charge in [-0.3, -0.25) is 4.90 Å². The van der Waals surface area contributed by atoms with Crippen LogP contribution in [-0.2, 0) is 19.5 Å². The lowest BCUT2D eigenvalue weighted by molar-refractivity contribution is 0.193. The highest BCUT2D eigenvalue weighted by atomic mass is 35.5.